The van der Waals surface area contributed by atoms with Crippen LogP contribution in [-0.2, 0) is 20.9 Å². The predicted octanol–water partition coefficient (Wildman–Crippen LogP) is 3.77. The minimum Gasteiger partial charge on any atom is -0.460 e. The van der Waals surface area contributed by atoms with Gasteiger partial charge in [-0.1, -0.05) is 43.6 Å². The van der Waals surface area contributed by atoms with Gasteiger partial charge in [0.15, 0.2) is 0 Å². The van der Waals surface area contributed by atoms with E-state index in [1.54, 1.807) is 4.68 Å². The summed E-state index contributed by atoms with van der Waals surface area (Å²) in [5.74, 6) is -0.295. The quantitative estimate of drug-likeness (QED) is 0.713. The fraction of sp³-hybridized carbons (Fsp3) is 0.476. The van der Waals surface area contributed by atoms with Crippen LogP contribution in [0.2, 0.25) is 5.15 Å². The van der Waals surface area contributed by atoms with Gasteiger partial charge in [0.2, 0.25) is 5.91 Å². The van der Waals surface area contributed by atoms with Crippen molar-refractivity contribution in [3.05, 3.63) is 46.7 Å². The zero-order chi connectivity index (χ0) is 20.3. The Morgan fingerprint density at radius 3 is 2.46 bits per heavy atom. The van der Waals surface area contributed by atoms with Crippen molar-refractivity contribution in [1.82, 2.24) is 14.7 Å². The zero-order valence-electron chi connectivity index (χ0n) is 16.5. The Morgan fingerprint density at radius 1 is 1.21 bits per heavy atom. The molecule has 1 saturated heterocycles. The minimum absolute atomic E-state index is 0.0187. The summed E-state index contributed by atoms with van der Waals surface area (Å²) in [7, 11) is 0. The molecule has 0 unspecified atom stereocenters. The van der Waals surface area contributed by atoms with Crippen molar-refractivity contribution in [1.29, 1.82) is 0 Å². The number of esters is 1. The van der Waals surface area contributed by atoms with E-state index in [-0.39, 0.29) is 30.3 Å². The second kappa shape index (κ2) is 8.78. The normalized spacial score (nSPS) is 15.1. The highest BCUT2D eigenvalue weighted by molar-refractivity contribution is 6.30. The van der Waals surface area contributed by atoms with Crippen LogP contribution < -0.4 is 0 Å². The zero-order valence-corrected chi connectivity index (χ0v) is 17.3. The van der Waals surface area contributed by atoms with E-state index in [1.165, 1.54) is 0 Å². The van der Waals surface area contributed by atoms with Crippen LogP contribution in [0.5, 0.6) is 0 Å². The standard InChI is InChI=1S/C21H26ClN3O3/c1-14(2)20(26)24-11-9-16(10-12-24)21(27)28-13-18-15(3)23-25(19(18)22)17-7-5-4-6-8-17/h4-8,14,16H,9-13H2,1-3H3. The molecule has 2 heterocycles. The molecule has 0 spiro atoms. The molecule has 2 aromatic rings. The summed E-state index contributed by atoms with van der Waals surface area (Å²) in [4.78, 5) is 26.4. The molecule has 0 bridgehead atoms. The van der Waals surface area contributed by atoms with E-state index in [0.29, 0.717) is 36.6 Å². The molecule has 1 aromatic carbocycles. The Labute approximate surface area is 170 Å². The van der Waals surface area contributed by atoms with Gasteiger partial charge in [0.25, 0.3) is 0 Å². The third-order valence-corrected chi connectivity index (χ3v) is 5.50. The van der Waals surface area contributed by atoms with E-state index in [0.717, 1.165) is 11.4 Å². The van der Waals surface area contributed by atoms with Gasteiger partial charge in [0.1, 0.15) is 11.8 Å². The summed E-state index contributed by atoms with van der Waals surface area (Å²) < 4.78 is 7.19. The number of carbonyl (C=O) groups is 2. The highest BCUT2D eigenvalue weighted by Crippen LogP contribution is 2.26. The largest absolute Gasteiger partial charge is 0.460 e. The topological polar surface area (TPSA) is 64.4 Å². The maximum Gasteiger partial charge on any atom is 0.309 e. The first-order valence-electron chi connectivity index (χ1n) is 9.63. The lowest BCUT2D eigenvalue weighted by Gasteiger charge is -2.32. The Kier molecular flexibility index (Phi) is 6.39. The van der Waals surface area contributed by atoms with E-state index in [2.05, 4.69) is 5.10 Å². The third-order valence-electron chi connectivity index (χ3n) is 5.12. The van der Waals surface area contributed by atoms with Gasteiger partial charge < -0.3 is 9.64 Å². The lowest BCUT2D eigenvalue weighted by Crippen LogP contribution is -2.42. The number of aromatic nitrogens is 2. The summed E-state index contributed by atoms with van der Waals surface area (Å²) in [6, 6.07) is 9.59. The average Bonchev–Trinajstić information content (AvgIpc) is 3.00. The molecule has 3 rings (SSSR count). The summed E-state index contributed by atoms with van der Waals surface area (Å²) in [5.41, 5.74) is 2.31. The highest BCUT2D eigenvalue weighted by atomic mass is 35.5. The number of rotatable bonds is 5. The Hall–Kier alpha value is -2.34. The van der Waals surface area contributed by atoms with Crippen LogP contribution >= 0.6 is 11.6 Å². The van der Waals surface area contributed by atoms with Gasteiger partial charge >= 0.3 is 5.97 Å². The number of amides is 1. The number of halogens is 1. The molecule has 1 aromatic heterocycles. The van der Waals surface area contributed by atoms with Gasteiger partial charge in [-0.05, 0) is 31.9 Å². The van der Waals surface area contributed by atoms with Crippen molar-refractivity contribution in [2.24, 2.45) is 11.8 Å². The molecule has 1 aliphatic heterocycles. The number of benzene rings is 1. The number of aryl methyl sites for hydroxylation is 1. The lowest BCUT2D eigenvalue weighted by molar-refractivity contribution is -0.153. The maximum absolute atomic E-state index is 12.5. The Balaban J connectivity index is 1.59. The maximum atomic E-state index is 12.5. The van der Waals surface area contributed by atoms with E-state index < -0.39 is 0 Å². The van der Waals surface area contributed by atoms with Crippen molar-refractivity contribution in [2.45, 2.75) is 40.2 Å². The number of ether oxygens (including phenoxy) is 1. The summed E-state index contributed by atoms with van der Waals surface area (Å²) in [6.45, 7) is 6.94. The van der Waals surface area contributed by atoms with E-state index >= 15 is 0 Å². The first kappa shape index (κ1) is 20.4. The van der Waals surface area contributed by atoms with Crippen LogP contribution in [0.4, 0.5) is 0 Å². The molecule has 6 nitrogen and oxygen atoms in total. The Bertz CT molecular complexity index is 840. The van der Waals surface area contributed by atoms with Gasteiger partial charge in [0.05, 0.1) is 17.3 Å². The number of piperidine rings is 1. The van der Waals surface area contributed by atoms with Crippen molar-refractivity contribution in [3.8, 4) is 5.69 Å². The molecule has 1 amide bonds. The first-order valence-corrected chi connectivity index (χ1v) is 10.0. The lowest BCUT2D eigenvalue weighted by atomic mass is 9.96. The summed E-state index contributed by atoms with van der Waals surface area (Å²) in [6.07, 6.45) is 1.26. The molecule has 7 heteroatoms. The highest BCUT2D eigenvalue weighted by Gasteiger charge is 2.29. The molecule has 0 aliphatic carbocycles. The monoisotopic (exact) mass is 403 g/mol. The molecule has 28 heavy (non-hydrogen) atoms. The van der Waals surface area contributed by atoms with Crippen LogP contribution in [-0.4, -0.2) is 39.6 Å². The van der Waals surface area contributed by atoms with Gasteiger partial charge in [0, 0.05) is 24.6 Å². The van der Waals surface area contributed by atoms with Gasteiger partial charge in [-0.3, -0.25) is 9.59 Å². The van der Waals surface area contributed by atoms with Gasteiger partial charge in [-0.25, -0.2) is 4.68 Å². The third kappa shape index (κ3) is 4.38. The van der Waals surface area contributed by atoms with Crippen molar-refractivity contribution >= 4 is 23.5 Å². The molecule has 1 fully saturated rings. The molecular formula is C21H26ClN3O3. The predicted molar refractivity (Wildman–Crippen MR) is 107 cm³/mol. The van der Waals surface area contributed by atoms with E-state index in [9.17, 15) is 9.59 Å². The van der Waals surface area contributed by atoms with E-state index in [1.807, 2.05) is 56.0 Å². The van der Waals surface area contributed by atoms with Crippen molar-refractivity contribution in [3.63, 3.8) is 0 Å². The molecule has 1 aliphatic rings. The second-order valence-corrected chi connectivity index (χ2v) is 7.82. The summed E-state index contributed by atoms with van der Waals surface area (Å²) in [5, 5.41) is 4.92. The van der Waals surface area contributed by atoms with E-state index in [4.69, 9.17) is 16.3 Å². The van der Waals surface area contributed by atoms with Crippen LogP contribution in [0.15, 0.2) is 30.3 Å². The van der Waals surface area contributed by atoms with Gasteiger partial charge in [-0.15, -0.1) is 0 Å². The van der Waals surface area contributed by atoms with Crippen LogP contribution in [0.3, 0.4) is 0 Å². The SMILES string of the molecule is Cc1nn(-c2ccccc2)c(Cl)c1COC(=O)C1CCN(C(=O)C(C)C)CC1. The second-order valence-electron chi connectivity index (χ2n) is 7.46. The number of hydrogen-bond acceptors (Lipinski definition) is 4. The fourth-order valence-corrected chi connectivity index (χ4v) is 3.72. The molecule has 0 saturated carbocycles. The van der Waals surface area contributed by atoms with Crippen LogP contribution in [0.1, 0.15) is 37.9 Å². The smallest absolute Gasteiger partial charge is 0.309 e. The summed E-state index contributed by atoms with van der Waals surface area (Å²) >= 11 is 6.48. The molecule has 0 N–H and O–H groups in total. The number of nitrogens with zero attached hydrogens (tertiary/aromatic N) is 3. The molecule has 0 atom stereocenters. The first-order chi connectivity index (χ1) is 13.4. The number of hydrogen-bond donors (Lipinski definition) is 0. The van der Waals surface area contributed by atoms with Crippen LogP contribution in [0.25, 0.3) is 5.69 Å². The minimum atomic E-state index is -0.237. The fourth-order valence-electron chi connectivity index (χ4n) is 3.40. The molecular weight excluding hydrogens is 378 g/mol. The number of para-hydroxylation sites is 1. The molecule has 150 valence electrons. The molecule has 0 radical (unpaired) electrons. The average molecular weight is 404 g/mol. The van der Waals surface area contributed by atoms with Gasteiger partial charge in [-0.2, -0.15) is 5.10 Å². The Morgan fingerprint density at radius 2 is 1.86 bits per heavy atom. The van der Waals surface area contributed by atoms with Crippen molar-refractivity contribution in [2.75, 3.05) is 13.1 Å². The number of carbonyl (C=O) groups excluding carboxylic acids is 2. The van der Waals surface area contributed by atoms with Crippen molar-refractivity contribution < 1.29 is 14.3 Å². The number of likely N-dealkylation sites (tertiary alicyclic amines) is 1. The van der Waals surface area contributed by atoms with Crippen LogP contribution in [0, 0.1) is 18.8 Å².